The van der Waals surface area contributed by atoms with Crippen LogP contribution in [0.5, 0.6) is 0 Å². The van der Waals surface area contributed by atoms with Gasteiger partial charge in [-0.15, -0.1) is 0 Å². The topological polar surface area (TPSA) is 107 Å². The Morgan fingerprint density at radius 3 is 1.96 bits per heavy atom. The van der Waals surface area contributed by atoms with E-state index in [1.165, 1.54) is 22.3 Å². The van der Waals surface area contributed by atoms with Gasteiger partial charge in [0.2, 0.25) is 0 Å². The highest BCUT2D eigenvalue weighted by atomic mass is 16.4. The monoisotopic (exact) mass is 329 g/mol. The van der Waals surface area contributed by atoms with Gasteiger partial charge >= 0.3 is 5.97 Å². The molecule has 2 aromatic rings. The van der Waals surface area contributed by atoms with Crippen molar-refractivity contribution in [3.05, 3.63) is 59.7 Å². The van der Waals surface area contributed by atoms with Crippen LogP contribution in [0.4, 0.5) is 0 Å². The number of fused-ring (bicyclic) bond motifs is 3. The number of hydrogen-bond acceptors (Lipinski definition) is 4. The third-order valence-electron chi connectivity index (χ3n) is 4.01. The molecule has 3 rings (SSSR count). The number of nitrogens with one attached hydrogen (secondary N) is 1. The molecule has 0 bridgehead atoms. The zero-order valence-electron chi connectivity index (χ0n) is 12.9. The maximum Gasteiger partial charge on any atom is 0.323 e. The number of benzene rings is 2. The second-order valence-electron chi connectivity index (χ2n) is 5.31. The Labute approximate surface area is 139 Å². The summed E-state index contributed by atoms with van der Waals surface area (Å²) in [5.74, 6) is -0.914. The lowest BCUT2D eigenvalue weighted by Gasteiger charge is -2.18. The fourth-order valence-electron chi connectivity index (χ4n) is 2.97. The number of aliphatic hydroxyl groups excluding tert-OH is 1. The van der Waals surface area contributed by atoms with Crippen molar-refractivity contribution in [3.8, 4) is 11.1 Å². The zero-order valence-corrected chi connectivity index (χ0v) is 12.9. The zero-order chi connectivity index (χ0) is 17.5. The number of carboxylic acids is 1. The summed E-state index contributed by atoms with van der Waals surface area (Å²) in [6, 6.07) is 15.4. The van der Waals surface area contributed by atoms with Gasteiger partial charge in [0.15, 0.2) is 0 Å². The minimum absolute atomic E-state index is 0.116. The van der Waals surface area contributed by atoms with E-state index in [1.54, 1.807) is 0 Å². The summed E-state index contributed by atoms with van der Waals surface area (Å²) < 4.78 is 0. The van der Waals surface area contributed by atoms with Crippen LogP contribution in [0.25, 0.3) is 11.1 Å². The van der Waals surface area contributed by atoms with Crippen LogP contribution in [0.3, 0.4) is 0 Å². The molecular weight excluding hydrogens is 310 g/mol. The van der Waals surface area contributed by atoms with Crippen molar-refractivity contribution in [2.45, 2.75) is 12.0 Å². The van der Waals surface area contributed by atoms with Crippen LogP contribution in [-0.2, 0) is 9.59 Å². The first-order valence-corrected chi connectivity index (χ1v) is 7.47. The predicted octanol–water partition coefficient (Wildman–Crippen LogP) is 1.53. The van der Waals surface area contributed by atoms with Gasteiger partial charge in [-0.2, -0.15) is 0 Å². The smallest absolute Gasteiger partial charge is 0.323 e. The molecule has 0 saturated carbocycles. The highest BCUT2D eigenvalue weighted by molar-refractivity contribution is 5.79. The van der Waals surface area contributed by atoms with Gasteiger partial charge in [-0.05, 0) is 22.3 Å². The molecule has 1 atom stereocenters. The van der Waals surface area contributed by atoms with Crippen LogP contribution in [0.2, 0.25) is 0 Å². The molecule has 0 aromatic heterocycles. The van der Waals surface area contributed by atoms with Crippen LogP contribution in [0.15, 0.2) is 48.5 Å². The second kappa shape index (κ2) is 8.24. The van der Waals surface area contributed by atoms with Crippen molar-refractivity contribution < 1.29 is 24.9 Å². The summed E-state index contributed by atoms with van der Waals surface area (Å²) in [6.07, 6.45) is 0. The maximum atomic E-state index is 11.0. The average molecular weight is 329 g/mol. The highest BCUT2D eigenvalue weighted by Crippen LogP contribution is 2.44. The van der Waals surface area contributed by atoms with Crippen molar-refractivity contribution in [1.82, 2.24) is 5.32 Å². The molecule has 24 heavy (non-hydrogen) atoms. The van der Waals surface area contributed by atoms with Crippen LogP contribution in [0, 0.1) is 0 Å². The van der Waals surface area contributed by atoms with E-state index in [9.17, 15) is 4.79 Å². The quantitative estimate of drug-likeness (QED) is 0.620. The molecule has 0 radical (unpaired) electrons. The van der Waals surface area contributed by atoms with Crippen molar-refractivity contribution >= 4 is 12.4 Å². The van der Waals surface area contributed by atoms with Gasteiger partial charge in [-0.25, -0.2) is 0 Å². The SMILES string of the molecule is O=C(O)C(CO)NCC1c2ccccc2-c2ccccc21.O=CO. The van der Waals surface area contributed by atoms with E-state index in [0.29, 0.717) is 6.54 Å². The van der Waals surface area contributed by atoms with E-state index >= 15 is 0 Å². The van der Waals surface area contributed by atoms with Crippen molar-refractivity contribution in [1.29, 1.82) is 0 Å². The molecular formula is C18H19NO5. The molecule has 126 valence electrons. The summed E-state index contributed by atoms with van der Waals surface area (Å²) in [6.45, 7) is -0.170. The minimum atomic E-state index is -1.03. The lowest BCUT2D eigenvalue weighted by Crippen LogP contribution is -2.41. The van der Waals surface area contributed by atoms with E-state index in [0.717, 1.165) is 0 Å². The van der Waals surface area contributed by atoms with E-state index in [1.807, 2.05) is 24.3 Å². The number of hydrogen-bond donors (Lipinski definition) is 4. The van der Waals surface area contributed by atoms with Gasteiger partial charge in [-0.1, -0.05) is 48.5 Å². The van der Waals surface area contributed by atoms with E-state index in [2.05, 4.69) is 29.6 Å². The molecule has 1 unspecified atom stereocenters. The van der Waals surface area contributed by atoms with Gasteiger partial charge in [-0.3, -0.25) is 9.59 Å². The fourth-order valence-corrected chi connectivity index (χ4v) is 2.97. The first-order chi connectivity index (χ1) is 11.6. The minimum Gasteiger partial charge on any atom is -0.483 e. The molecule has 2 aromatic carbocycles. The molecule has 0 spiro atoms. The van der Waals surface area contributed by atoms with Gasteiger partial charge in [0.05, 0.1) is 6.61 Å². The summed E-state index contributed by atoms with van der Waals surface area (Å²) in [4.78, 5) is 19.4. The number of carbonyl (C=O) groups is 2. The summed E-state index contributed by atoms with van der Waals surface area (Å²) in [7, 11) is 0. The Kier molecular flexibility index (Phi) is 6.06. The van der Waals surface area contributed by atoms with Crippen LogP contribution >= 0.6 is 0 Å². The molecule has 0 amide bonds. The van der Waals surface area contributed by atoms with E-state index in [-0.39, 0.29) is 12.4 Å². The Balaban J connectivity index is 0.000000647. The Hall–Kier alpha value is -2.70. The molecule has 4 N–H and O–H groups in total. The van der Waals surface area contributed by atoms with Crippen molar-refractivity contribution in [2.75, 3.05) is 13.2 Å². The first kappa shape index (κ1) is 17.7. The van der Waals surface area contributed by atoms with Crippen molar-refractivity contribution in [2.24, 2.45) is 0 Å². The largest absolute Gasteiger partial charge is 0.483 e. The number of aliphatic carboxylic acids is 1. The van der Waals surface area contributed by atoms with Gasteiger partial charge < -0.3 is 20.6 Å². The molecule has 6 heteroatoms. The number of aliphatic hydroxyl groups is 1. The van der Waals surface area contributed by atoms with Crippen LogP contribution in [-0.4, -0.2) is 47.0 Å². The molecule has 6 nitrogen and oxygen atoms in total. The maximum absolute atomic E-state index is 11.0. The Bertz CT molecular complexity index is 671. The Morgan fingerprint density at radius 1 is 1.08 bits per heavy atom. The summed E-state index contributed by atoms with van der Waals surface area (Å²) in [5, 5.41) is 28.0. The highest BCUT2D eigenvalue weighted by Gasteiger charge is 2.28. The number of rotatable bonds is 5. The lowest BCUT2D eigenvalue weighted by molar-refractivity contribution is -0.140. The summed E-state index contributed by atoms with van der Waals surface area (Å²) >= 11 is 0. The average Bonchev–Trinajstić information content (AvgIpc) is 2.90. The van der Waals surface area contributed by atoms with E-state index in [4.69, 9.17) is 20.1 Å². The van der Waals surface area contributed by atoms with Gasteiger partial charge in [0.25, 0.3) is 6.47 Å². The normalized spacial score (nSPS) is 13.2. The third-order valence-corrected chi connectivity index (χ3v) is 4.01. The molecule has 1 aliphatic carbocycles. The predicted molar refractivity (Wildman–Crippen MR) is 88.9 cm³/mol. The third kappa shape index (κ3) is 3.61. The second-order valence-corrected chi connectivity index (χ2v) is 5.31. The Morgan fingerprint density at radius 2 is 1.54 bits per heavy atom. The molecule has 0 fully saturated rings. The van der Waals surface area contributed by atoms with Crippen molar-refractivity contribution in [3.63, 3.8) is 0 Å². The van der Waals surface area contributed by atoms with Gasteiger partial charge in [0, 0.05) is 12.5 Å². The van der Waals surface area contributed by atoms with E-state index < -0.39 is 18.6 Å². The van der Waals surface area contributed by atoms with Crippen LogP contribution < -0.4 is 5.32 Å². The molecule has 0 aliphatic heterocycles. The van der Waals surface area contributed by atoms with Gasteiger partial charge in [0.1, 0.15) is 6.04 Å². The van der Waals surface area contributed by atoms with Crippen LogP contribution in [0.1, 0.15) is 17.0 Å². The molecule has 1 aliphatic rings. The lowest BCUT2D eigenvalue weighted by atomic mass is 9.96. The standard InChI is InChI=1S/C17H17NO3.CH2O2/c19-10-16(17(20)21)18-9-15-13-7-3-1-5-11(13)12-6-2-4-8-14(12)15;2-1-3/h1-8,15-16,18-19H,9-10H2,(H,20,21);1H,(H,2,3). The first-order valence-electron chi connectivity index (χ1n) is 7.47. The number of carboxylic acid groups (broad SMARTS) is 2. The fraction of sp³-hybridized carbons (Fsp3) is 0.222. The molecule has 0 heterocycles. The summed E-state index contributed by atoms with van der Waals surface area (Å²) in [5.41, 5.74) is 4.81. The molecule has 0 saturated heterocycles.